The third-order valence-electron chi connectivity index (χ3n) is 2.95. The van der Waals surface area contributed by atoms with Crippen molar-refractivity contribution in [2.24, 2.45) is 0 Å². The van der Waals surface area contributed by atoms with Gasteiger partial charge in [0.1, 0.15) is 5.65 Å². The van der Waals surface area contributed by atoms with Crippen LogP contribution in [-0.4, -0.2) is 27.6 Å². The summed E-state index contributed by atoms with van der Waals surface area (Å²) in [7, 11) is 0. The highest BCUT2D eigenvalue weighted by atomic mass is 32.2. The average Bonchev–Trinajstić information content (AvgIpc) is 2.72. The normalized spacial score (nSPS) is 11.6. The van der Waals surface area contributed by atoms with E-state index in [9.17, 15) is 0 Å². The number of nitrogens with zero attached hydrogens (tertiary/aromatic N) is 2. The molecule has 2 aromatic heterocycles. The van der Waals surface area contributed by atoms with Crippen molar-refractivity contribution in [3.05, 3.63) is 30.1 Å². The first-order chi connectivity index (χ1) is 8.72. The molecule has 0 aliphatic carbocycles. The smallest absolute Gasteiger partial charge is 0.140 e. The van der Waals surface area contributed by atoms with Gasteiger partial charge in [0.25, 0.3) is 0 Å². The van der Waals surface area contributed by atoms with Crippen LogP contribution in [0.4, 0.5) is 0 Å². The fourth-order valence-electron chi connectivity index (χ4n) is 2.01. The van der Waals surface area contributed by atoms with E-state index in [1.807, 2.05) is 24.0 Å². The predicted octanol–water partition coefficient (Wildman–Crippen LogP) is 2.90. The van der Waals surface area contributed by atoms with Crippen LogP contribution >= 0.6 is 11.8 Å². The molecule has 0 amide bonds. The van der Waals surface area contributed by atoms with Gasteiger partial charge in [-0.05, 0) is 24.0 Å². The summed E-state index contributed by atoms with van der Waals surface area (Å²) < 4.78 is 2.27. The van der Waals surface area contributed by atoms with Crippen molar-refractivity contribution in [1.29, 1.82) is 0 Å². The summed E-state index contributed by atoms with van der Waals surface area (Å²) in [5, 5.41) is 4.75. The number of rotatable bonds is 6. The van der Waals surface area contributed by atoms with E-state index in [1.165, 1.54) is 10.9 Å². The van der Waals surface area contributed by atoms with Crippen LogP contribution in [0, 0.1) is 0 Å². The zero-order chi connectivity index (χ0) is 13.0. The maximum Gasteiger partial charge on any atom is 0.140 e. The highest BCUT2D eigenvalue weighted by molar-refractivity contribution is 7.98. The molecule has 2 rings (SSSR count). The minimum absolute atomic E-state index is 0.506. The molecule has 3 nitrogen and oxygen atoms in total. The Labute approximate surface area is 113 Å². The maximum absolute atomic E-state index is 4.51. The molecule has 0 saturated heterocycles. The summed E-state index contributed by atoms with van der Waals surface area (Å²) in [4.78, 5) is 4.51. The average molecular weight is 263 g/mol. The molecule has 4 heteroatoms. The Hall–Kier alpha value is -1.00. The van der Waals surface area contributed by atoms with Gasteiger partial charge in [0, 0.05) is 42.7 Å². The van der Waals surface area contributed by atoms with Crippen molar-refractivity contribution in [1.82, 2.24) is 14.9 Å². The number of nitrogens with one attached hydrogen (secondary N) is 1. The highest BCUT2D eigenvalue weighted by Gasteiger charge is 2.08. The Balaban J connectivity index is 2.28. The molecule has 18 heavy (non-hydrogen) atoms. The van der Waals surface area contributed by atoms with Crippen molar-refractivity contribution in [3.63, 3.8) is 0 Å². The lowest BCUT2D eigenvalue weighted by Gasteiger charge is -2.06. The Morgan fingerprint density at radius 1 is 1.44 bits per heavy atom. The Bertz CT molecular complexity index is 505. The van der Waals surface area contributed by atoms with Gasteiger partial charge < -0.3 is 9.88 Å². The number of aryl methyl sites for hydroxylation is 1. The van der Waals surface area contributed by atoms with E-state index < -0.39 is 0 Å². The fourth-order valence-corrected chi connectivity index (χ4v) is 2.39. The lowest BCUT2D eigenvalue weighted by atomic mass is 10.2. The third kappa shape index (κ3) is 3.06. The molecule has 0 atom stereocenters. The molecule has 0 aliphatic heterocycles. The van der Waals surface area contributed by atoms with Crippen molar-refractivity contribution in [2.45, 2.75) is 33.0 Å². The SMILES string of the molecule is CSCCn1cc(CNC(C)C)c2cccnc21. The van der Waals surface area contributed by atoms with E-state index in [2.05, 4.69) is 47.2 Å². The van der Waals surface area contributed by atoms with Crippen LogP contribution in [0.3, 0.4) is 0 Å². The molecule has 98 valence electrons. The fraction of sp³-hybridized carbons (Fsp3) is 0.500. The van der Waals surface area contributed by atoms with Crippen LogP contribution in [0.1, 0.15) is 19.4 Å². The summed E-state index contributed by atoms with van der Waals surface area (Å²) in [6, 6.07) is 4.68. The van der Waals surface area contributed by atoms with Gasteiger partial charge in [0.15, 0.2) is 0 Å². The number of fused-ring (bicyclic) bond motifs is 1. The summed E-state index contributed by atoms with van der Waals surface area (Å²) in [5.41, 5.74) is 2.44. The lowest BCUT2D eigenvalue weighted by molar-refractivity contribution is 0.589. The molecule has 0 unspecified atom stereocenters. The molecule has 0 aromatic carbocycles. The zero-order valence-corrected chi connectivity index (χ0v) is 12.1. The molecule has 0 bridgehead atoms. The van der Waals surface area contributed by atoms with Crippen LogP contribution < -0.4 is 5.32 Å². The van der Waals surface area contributed by atoms with Crippen LogP contribution in [0.15, 0.2) is 24.5 Å². The topological polar surface area (TPSA) is 29.9 Å². The largest absolute Gasteiger partial charge is 0.331 e. The summed E-state index contributed by atoms with van der Waals surface area (Å²) in [6.45, 7) is 6.28. The second-order valence-electron chi connectivity index (χ2n) is 4.75. The molecule has 0 spiro atoms. The van der Waals surface area contributed by atoms with E-state index in [0.29, 0.717) is 6.04 Å². The summed E-state index contributed by atoms with van der Waals surface area (Å²) in [6.07, 6.45) is 6.25. The molecular weight excluding hydrogens is 242 g/mol. The van der Waals surface area contributed by atoms with E-state index in [0.717, 1.165) is 24.5 Å². The van der Waals surface area contributed by atoms with Gasteiger partial charge in [-0.25, -0.2) is 4.98 Å². The Kier molecular flexibility index (Phi) is 4.66. The molecule has 0 radical (unpaired) electrons. The van der Waals surface area contributed by atoms with E-state index >= 15 is 0 Å². The number of aromatic nitrogens is 2. The standard InChI is InChI=1S/C14H21N3S/c1-11(2)16-9-12-10-17(7-8-18-3)14-13(12)5-4-6-15-14/h4-6,10-11,16H,7-9H2,1-3H3. The molecule has 0 fully saturated rings. The molecule has 2 heterocycles. The van der Waals surface area contributed by atoms with Gasteiger partial charge in [-0.3, -0.25) is 0 Å². The Morgan fingerprint density at radius 2 is 2.28 bits per heavy atom. The number of hydrogen-bond donors (Lipinski definition) is 1. The van der Waals surface area contributed by atoms with E-state index in [4.69, 9.17) is 0 Å². The summed E-state index contributed by atoms with van der Waals surface area (Å²) >= 11 is 1.87. The van der Waals surface area contributed by atoms with Crippen LogP contribution in [-0.2, 0) is 13.1 Å². The second kappa shape index (κ2) is 6.25. The van der Waals surface area contributed by atoms with Gasteiger partial charge in [-0.2, -0.15) is 11.8 Å². The minimum atomic E-state index is 0.506. The summed E-state index contributed by atoms with van der Waals surface area (Å²) in [5.74, 6) is 1.12. The number of thioether (sulfide) groups is 1. The third-order valence-corrected chi connectivity index (χ3v) is 3.54. The van der Waals surface area contributed by atoms with Gasteiger partial charge in [-0.1, -0.05) is 13.8 Å². The van der Waals surface area contributed by atoms with E-state index in [1.54, 1.807) is 0 Å². The molecule has 2 aromatic rings. The molecule has 1 N–H and O–H groups in total. The van der Waals surface area contributed by atoms with Crippen LogP contribution in [0.2, 0.25) is 0 Å². The van der Waals surface area contributed by atoms with Gasteiger partial charge in [-0.15, -0.1) is 0 Å². The van der Waals surface area contributed by atoms with Crippen molar-refractivity contribution in [2.75, 3.05) is 12.0 Å². The van der Waals surface area contributed by atoms with E-state index in [-0.39, 0.29) is 0 Å². The first kappa shape index (κ1) is 13.4. The minimum Gasteiger partial charge on any atom is -0.331 e. The van der Waals surface area contributed by atoms with Crippen molar-refractivity contribution >= 4 is 22.8 Å². The van der Waals surface area contributed by atoms with Gasteiger partial charge >= 0.3 is 0 Å². The lowest BCUT2D eigenvalue weighted by Crippen LogP contribution is -2.21. The second-order valence-corrected chi connectivity index (χ2v) is 5.74. The highest BCUT2D eigenvalue weighted by Crippen LogP contribution is 2.19. The molecular formula is C14H21N3S. The number of pyridine rings is 1. The van der Waals surface area contributed by atoms with Crippen LogP contribution in [0.5, 0.6) is 0 Å². The van der Waals surface area contributed by atoms with Crippen molar-refractivity contribution < 1.29 is 0 Å². The monoisotopic (exact) mass is 263 g/mol. The van der Waals surface area contributed by atoms with Crippen molar-refractivity contribution in [3.8, 4) is 0 Å². The maximum atomic E-state index is 4.51. The molecule has 0 aliphatic rings. The molecule has 0 saturated carbocycles. The zero-order valence-electron chi connectivity index (χ0n) is 11.3. The van der Waals surface area contributed by atoms with Gasteiger partial charge in [0.2, 0.25) is 0 Å². The predicted molar refractivity (Wildman–Crippen MR) is 80.1 cm³/mol. The van der Waals surface area contributed by atoms with Crippen LogP contribution in [0.25, 0.3) is 11.0 Å². The Morgan fingerprint density at radius 3 is 3.00 bits per heavy atom. The van der Waals surface area contributed by atoms with Gasteiger partial charge in [0.05, 0.1) is 0 Å². The first-order valence-electron chi connectivity index (χ1n) is 6.37. The number of hydrogen-bond acceptors (Lipinski definition) is 3. The first-order valence-corrected chi connectivity index (χ1v) is 7.77. The quantitative estimate of drug-likeness (QED) is 0.869.